The van der Waals surface area contributed by atoms with E-state index in [9.17, 15) is 14.7 Å². The van der Waals surface area contributed by atoms with E-state index in [2.05, 4.69) is 33.1 Å². The Bertz CT molecular complexity index is 1110. The Balaban J connectivity index is 1.94. The van der Waals surface area contributed by atoms with Gasteiger partial charge in [0, 0.05) is 48.4 Å². The molecular formula is C24H31N3O4. The highest BCUT2D eigenvalue weighted by molar-refractivity contribution is 5.87. The number of fused-ring (bicyclic) bond motifs is 1. The van der Waals surface area contributed by atoms with Crippen LogP contribution >= 0.6 is 0 Å². The number of H-pyrrole nitrogens is 1. The van der Waals surface area contributed by atoms with Crippen molar-refractivity contribution in [2.45, 2.75) is 46.3 Å². The van der Waals surface area contributed by atoms with Gasteiger partial charge in [0.25, 0.3) is 5.56 Å². The first-order chi connectivity index (χ1) is 14.8. The zero-order valence-corrected chi connectivity index (χ0v) is 18.6. The van der Waals surface area contributed by atoms with Gasteiger partial charge in [0.2, 0.25) is 0 Å². The van der Waals surface area contributed by atoms with Gasteiger partial charge in [-0.25, -0.2) is 0 Å². The molecule has 1 aromatic carbocycles. The number of aromatic amines is 1. The molecule has 3 N–H and O–H groups in total. The summed E-state index contributed by atoms with van der Waals surface area (Å²) < 4.78 is 7.48. The number of aryl methyl sites for hydroxylation is 1. The molecule has 3 aromatic rings. The minimum absolute atomic E-state index is 0.0916. The fraction of sp³-hybridized carbons (Fsp3) is 0.417. The number of pyridine rings is 1. The lowest BCUT2D eigenvalue weighted by atomic mass is 10.0. The van der Waals surface area contributed by atoms with E-state index in [0.717, 1.165) is 27.7 Å². The van der Waals surface area contributed by atoms with Gasteiger partial charge in [0.15, 0.2) is 0 Å². The topological polar surface area (TPSA) is 96.4 Å². The van der Waals surface area contributed by atoms with Crippen molar-refractivity contribution in [3.05, 3.63) is 58.0 Å². The zero-order chi connectivity index (χ0) is 22.5. The van der Waals surface area contributed by atoms with E-state index >= 15 is 0 Å². The average molecular weight is 426 g/mol. The first-order valence-corrected chi connectivity index (χ1v) is 10.6. The lowest BCUT2D eigenvalue weighted by Crippen LogP contribution is -2.37. The number of rotatable bonds is 10. The molecule has 0 aliphatic heterocycles. The number of hydrogen-bond acceptors (Lipinski definition) is 4. The Morgan fingerprint density at radius 2 is 2.03 bits per heavy atom. The lowest BCUT2D eigenvalue weighted by Gasteiger charge is -2.16. The van der Waals surface area contributed by atoms with E-state index in [-0.39, 0.29) is 5.56 Å². The number of nitrogens with one attached hydrogen (secondary N) is 2. The van der Waals surface area contributed by atoms with E-state index in [1.807, 2.05) is 26.0 Å². The standard InChI is InChI=1S/C24H31N3O4/c1-15(2)9-20(24(29)30)25-13-17-5-6-21-18(11-17)12-22(27(21)7-8-31-4)19-10-16(3)23(28)26-14-19/h5-6,10-12,14-15,20,25H,7-9,13H2,1-4H3,(H,26,28)(H,29,30)/t20-/m0/s1. The van der Waals surface area contributed by atoms with Crippen LogP contribution in [0.4, 0.5) is 0 Å². The highest BCUT2D eigenvalue weighted by atomic mass is 16.5. The Morgan fingerprint density at radius 1 is 1.26 bits per heavy atom. The van der Waals surface area contributed by atoms with Crippen LogP contribution in [-0.4, -0.2) is 40.4 Å². The molecule has 7 heteroatoms. The third-order valence-corrected chi connectivity index (χ3v) is 5.43. The van der Waals surface area contributed by atoms with Crippen LogP contribution < -0.4 is 10.9 Å². The van der Waals surface area contributed by atoms with Gasteiger partial charge in [-0.1, -0.05) is 19.9 Å². The third kappa shape index (κ3) is 5.42. The van der Waals surface area contributed by atoms with Gasteiger partial charge in [0.1, 0.15) is 6.04 Å². The van der Waals surface area contributed by atoms with Crippen LogP contribution in [-0.2, 0) is 22.6 Å². The Labute approximate surface area is 182 Å². The van der Waals surface area contributed by atoms with Crippen LogP contribution in [0.25, 0.3) is 22.2 Å². The predicted octanol–water partition coefficient (Wildman–Crippen LogP) is 3.54. The van der Waals surface area contributed by atoms with Crippen molar-refractivity contribution in [1.82, 2.24) is 14.9 Å². The molecule has 0 unspecified atom stereocenters. The van der Waals surface area contributed by atoms with Crippen molar-refractivity contribution in [2.75, 3.05) is 13.7 Å². The molecule has 3 rings (SSSR count). The second kappa shape index (κ2) is 9.94. The van der Waals surface area contributed by atoms with Gasteiger partial charge < -0.3 is 24.7 Å². The van der Waals surface area contributed by atoms with Gasteiger partial charge >= 0.3 is 5.97 Å². The van der Waals surface area contributed by atoms with Crippen LogP contribution in [0, 0.1) is 12.8 Å². The van der Waals surface area contributed by atoms with Crippen LogP contribution in [0.5, 0.6) is 0 Å². The number of hydrogen-bond donors (Lipinski definition) is 3. The van der Waals surface area contributed by atoms with Crippen LogP contribution in [0.3, 0.4) is 0 Å². The lowest BCUT2D eigenvalue weighted by molar-refractivity contribution is -0.140. The van der Waals surface area contributed by atoms with E-state index in [4.69, 9.17) is 4.74 Å². The fourth-order valence-electron chi connectivity index (χ4n) is 3.82. The molecule has 0 amide bonds. The maximum atomic E-state index is 11.8. The molecule has 0 bridgehead atoms. The summed E-state index contributed by atoms with van der Waals surface area (Å²) in [6.45, 7) is 7.57. The van der Waals surface area contributed by atoms with Gasteiger partial charge in [-0.2, -0.15) is 0 Å². The van der Waals surface area contributed by atoms with Crippen LogP contribution in [0.1, 0.15) is 31.4 Å². The van der Waals surface area contributed by atoms with Crippen molar-refractivity contribution in [2.24, 2.45) is 5.92 Å². The molecule has 0 radical (unpaired) electrons. The minimum Gasteiger partial charge on any atom is -0.480 e. The SMILES string of the molecule is COCCn1c(-c2c[nH]c(=O)c(C)c2)cc2cc(CN[C@@H](CC(C)C)C(=O)O)ccc21. The number of carboxylic acid groups (broad SMARTS) is 1. The van der Waals surface area contributed by atoms with Crippen molar-refractivity contribution in [1.29, 1.82) is 0 Å². The molecule has 0 saturated carbocycles. The quantitative estimate of drug-likeness (QED) is 0.462. The number of carbonyl (C=O) groups is 1. The average Bonchev–Trinajstić information content (AvgIpc) is 3.08. The Kier molecular flexibility index (Phi) is 7.30. The maximum Gasteiger partial charge on any atom is 0.320 e. The molecular weight excluding hydrogens is 394 g/mol. The molecule has 0 spiro atoms. The van der Waals surface area contributed by atoms with E-state index < -0.39 is 12.0 Å². The summed E-state index contributed by atoms with van der Waals surface area (Å²) in [5.74, 6) is -0.523. The van der Waals surface area contributed by atoms with Crippen molar-refractivity contribution >= 4 is 16.9 Å². The number of nitrogens with zero attached hydrogens (tertiary/aromatic N) is 1. The first-order valence-electron chi connectivity index (χ1n) is 10.6. The molecule has 0 fully saturated rings. The number of carboxylic acids is 1. The van der Waals surface area contributed by atoms with E-state index in [1.54, 1.807) is 20.2 Å². The molecule has 0 aliphatic rings. The monoisotopic (exact) mass is 425 g/mol. The summed E-state index contributed by atoms with van der Waals surface area (Å²) in [7, 11) is 1.68. The molecule has 0 saturated heterocycles. The van der Waals surface area contributed by atoms with Crippen molar-refractivity contribution in [3.8, 4) is 11.3 Å². The fourth-order valence-corrected chi connectivity index (χ4v) is 3.82. The predicted molar refractivity (Wildman–Crippen MR) is 122 cm³/mol. The van der Waals surface area contributed by atoms with E-state index in [0.29, 0.717) is 37.6 Å². The van der Waals surface area contributed by atoms with Crippen LogP contribution in [0.2, 0.25) is 0 Å². The largest absolute Gasteiger partial charge is 0.480 e. The van der Waals surface area contributed by atoms with Gasteiger partial charge in [-0.15, -0.1) is 0 Å². The smallest absolute Gasteiger partial charge is 0.320 e. The second-order valence-corrected chi connectivity index (χ2v) is 8.37. The maximum absolute atomic E-state index is 11.8. The molecule has 166 valence electrons. The summed E-state index contributed by atoms with van der Waals surface area (Å²) in [5, 5.41) is 13.7. The van der Waals surface area contributed by atoms with Gasteiger partial charge in [0.05, 0.1) is 12.3 Å². The molecule has 0 aliphatic carbocycles. The normalized spacial score (nSPS) is 12.5. The molecule has 31 heavy (non-hydrogen) atoms. The van der Waals surface area contributed by atoms with Crippen LogP contribution in [0.15, 0.2) is 41.3 Å². The molecule has 7 nitrogen and oxygen atoms in total. The first kappa shape index (κ1) is 22.8. The summed E-state index contributed by atoms with van der Waals surface area (Å²) in [6.07, 6.45) is 2.32. The van der Waals surface area contributed by atoms with E-state index in [1.165, 1.54) is 0 Å². The van der Waals surface area contributed by atoms with Gasteiger partial charge in [-0.3, -0.25) is 9.59 Å². The zero-order valence-electron chi connectivity index (χ0n) is 18.6. The molecule has 2 aromatic heterocycles. The number of ether oxygens (including phenoxy) is 1. The molecule has 1 atom stereocenters. The Morgan fingerprint density at radius 3 is 2.68 bits per heavy atom. The number of methoxy groups -OCH3 is 1. The minimum atomic E-state index is -0.823. The van der Waals surface area contributed by atoms with Gasteiger partial charge in [-0.05, 0) is 49.1 Å². The Hall–Kier alpha value is -2.90. The highest BCUT2D eigenvalue weighted by Crippen LogP contribution is 2.29. The molecule has 2 heterocycles. The summed E-state index contributed by atoms with van der Waals surface area (Å²) in [4.78, 5) is 26.1. The number of aliphatic carboxylic acids is 1. The van der Waals surface area contributed by atoms with Crippen molar-refractivity contribution in [3.63, 3.8) is 0 Å². The number of aromatic nitrogens is 2. The summed E-state index contributed by atoms with van der Waals surface area (Å²) in [5.41, 5.74) is 4.60. The van der Waals surface area contributed by atoms with Crippen molar-refractivity contribution < 1.29 is 14.6 Å². The highest BCUT2D eigenvalue weighted by Gasteiger charge is 2.18. The second-order valence-electron chi connectivity index (χ2n) is 8.37. The summed E-state index contributed by atoms with van der Waals surface area (Å²) >= 11 is 0. The summed E-state index contributed by atoms with van der Waals surface area (Å²) in [6, 6.07) is 9.59. The third-order valence-electron chi connectivity index (χ3n) is 5.43. The number of benzene rings is 1.